The minimum atomic E-state index is -4.47. The normalized spacial score (nSPS) is 18.1. The maximum atomic E-state index is 12.8. The van der Waals surface area contributed by atoms with Gasteiger partial charge in [0.1, 0.15) is 5.69 Å². The van der Waals surface area contributed by atoms with Crippen LogP contribution in [0.1, 0.15) is 17.7 Å². The second kappa shape index (κ2) is 7.45. The topological polar surface area (TPSA) is 54.4 Å². The number of hydrogen-bond donors (Lipinski definition) is 0. The van der Waals surface area contributed by atoms with Crippen molar-refractivity contribution in [2.45, 2.75) is 25.2 Å². The van der Waals surface area contributed by atoms with Crippen LogP contribution < -0.4 is 9.64 Å². The van der Waals surface area contributed by atoms with Gasteiger partial charge >= 0.3 is 6.18 Å². The molecule has 0 radical (unpaired) electrons. The zero-order valence-electron chi connectivity index (χ0n) is 14.6. The Morgan fingerprint density at radius 2 is 2.04 bits per heavy atom. The third kappa shape index (κ3) is 4.21. The number of ether oxygens (including phenoxy) is 1. The van der Waals surface area contributed by atoms with E-state index in [2.05, 4.69) is 19.9 Å². The van der Waals surface area contributed by atoms with E-state index in [1.54, 1.807) is 25.3 Å². The van der Waals surface area contributed by atoms with Crippen LogP contribution in [0.4, 0.5) is 19.1 Å². The molecule has 26 heavy (non-hydrogen) atoms. The molecule has 1 aliphatic heterocycles. The lowest BCUT2D eigenvalue weighted by molar-refractivity contribution is -0.141. The quantitative estimate of drug-likeness (QED) is 0.810. The van der Waals surface area contributed by atoms with Gasteiger partial charge in [-0.3, -0.25) is 4.90 Å². The van der Waals surface area contributed by atoms with Crippen molar-refractivity contribution >= 4 is 5.95 Å². The van der Waals surface area contributed by atoms with E-state index in [1.807, 2.05) is 12.1 Å². The van der Waals surface area contributed by atoms with Crippen molar-refractivity contribution in [3.8, 4) is 5.88 Å². The summed E-state index contributed by atoms with van der Waals surface area (Å²) >= 11 is 0. The first-order valence-corrected chi connectivity index (χ1v) is 8.21. The second-order valence-corrected chi connectivity index (χ2v) is 6.23. The van der Waals surface area contributed by atoms with Crippen molar-refractivity contribution in [1.29, 1.82) is 0 Å². The fourth-order valence-electron chi connectivity index (χ4n) is 3.03. The van der Waals surface area contributed by atoms with E-state index in [0.717, 1.165) is 43.9 Å². The molecule has 0 bridgehead atoms. The Morgan fingerprint density at radius 3 is 2.77 bits per heavy atom. The molecule has 9 heteroatoms. The molecule has 6 nitrogen and oxygen atoms in total. The summed E-state index contributed by atoms with van der Waals surface area (Å²) in [4.78, 5) is 15.7. The van der Waals surface area contributed by atoms with Crippen molar-refractivity contribution in [2.24, 2.45) is 0 Å². The summed E-state index contributed by atoms with van der Waals surface area (Å²) in [5.74, 6) is 0.657. The molecule has 0 aromatic carbocycles. The van der Waals surface area contributed by atoms with Gasteiger partial charge in [-0.05, 0) is 24.1 Å². The molecule has 1 aliphatic rings. The number of likely N-dealkylation sites (N-methyl/N-ethyl adjacent to an activating group) is 1. The highest BCUT2D eigenvalue weighted by molar-refractivity contribution is 5.32. The van der Waals surface area contributed by atoms with Crippen LogP contribution in [0.3, 0.4) is 0 Å². The highest BCUT2D eigenvalue weighted by Gasteiger charge is 2.34. The summed E-state index contributed by atoms with van der Waals surface area (Å²) in [6.45, 7) is 2.30. The van der Waals surface area contributed by atoms with Gasteiger partial charge in [-0.25, -0.2) is 15.0 Å². The van der Waals surface area contributed by atoms with Crippen molar-refractivity contribution < 1.29 is 17.9 Å². The number of alkyl halides is 3. The maximum Gasteiger partial charge on any atom is 0.433 e. The first-order chi connectivity index (χ1) is 12.4. The van der Waals surface area contributed by atoms with Crippen molar-refractivity contribution in [3.05, 3.63) is 41.9 Å². The predicted molar refractivity (Wildman–Crippen MR) is 89.9 cm³/mol. The van der Waals surface area contributed by atoms with E-state index in [4.69, 9.17) is 4.74 Å². The Balaban J connectivity index is 1.64. The molecule has 0 spiro atoms. The molecule has 0 N–H and O–H groups in total. The number of methoxy groups -OCH3 is 1. The summed E-state index contributed by atoms with van der Waals surface area (Å²) in [6.07, 6.45) is -0.791. The molecule has 2 aromatic rings. The number of likely N-dealkylation sites (tertiary alicyclic amines) is 1. The maximum absolute atomic E-state index is 12.8. The lowest BCUT2D eigenvalue weighted by Gasteiger charge is -2.25. The summed E-state index contributed by atoms with van der Waals surface area (Å²) < 4.78 is 43.7. The smallest absolute Gasteiger partial charge is 0.433 e. The van der Waals surface area contributed by atoms with Crippen LogP contribution in [0.25, 0.3) is 0 Å². The summed E-state index contributed by atoms with van der Waals surface area (Å²) in [6, 6.07) is 4.75. The van der Waals surface area contributed by atoms with Gasteiger partial charge in [0.15, 0.2) is 0 Å². The van der Waals surface area contributed by atoms with E-state index in [9.17, 15) is 13.2 Å². The lowest BCUT2D eigenvalue weighted by Crippen LogP contribution is -2.35. The van der Waals surface area contributed by atoms with Crippen molar-refractivity contribution in [1.82, 2.24) is 19.9 Å². The zero-order valence-corrected chi connectivity index (χ0v) is 14.6. The van der Waals surface area contributed by atoms with Gasteiger partial charge in [0.05, 0.1) is 7.11 Å². The minimum absolute atomic E-state index is 0.0576. The number of rotatable bonds is 5. The Kier molecular flexibility index (Phi) is 5.26. The molecular formula is C17H20F3N5O. The molecule has 0 saturated carbocycles. The molecule has 1 atom stereocenters. The molecule has 2 aromatic heterocycles. The van der Waals surface area contributed by atoms with E-state index in [1.165, 1.54) is 0 Å². The molecule has 140 valence electrons. The first kappa shape index (κ1) is 18.4. The van der Waals surface area contributed by atoms with Crippen molar-refractivity contribution in [2.75, 3.05) is 32.1 Å². The van der Waals surface area contributed by atoms with E-state index in [-0.39, 0.29) is 12.0 Å². The molecule has 1 unspecified atom stereocenters. The summed E-state index contributed by atoms with van der Waals surface area (Å²) in [5, 5.41) is 0. The van der Waals surface area contributed by atoms with E-state index < -0.39 is 11.9 Å². The largest absolute Gasteiger partial charge is 0.481 e. The number of nitrogens with zero attached hydrogens (tertiary/aromatic N) is 5. The average Bonchev–Trinajstić information content (AvgIpc) is 3.09. The van der Waals surface area contributed by atoms with E-state index >= 15 is 0 Å². The Bertz CT molecular complexity index is 755. The molecule has 0 amide bonds. The van der Waals surface area contributed by atoms with Gasteiger partial charge in [0, 0.05) is 51.2 Å². The predicted octanol–water partition coefficient (Wildman–Crippen LogP) is 2.61. The van der Waals surface area contributed by atoms with Gasteiger partial charge in [0.25, 0.3) is 0 Å². The highest BCUT2D eigenvalue weighted by Crippen LogP contribution is 2.29. The van der Waals surface area contributed by atoms with Crippen LogP contribution in [-0.4, -0.2) is 53.1 Å². The summed E-state index contributed by atoms with van der Waals surface area (Å²) in [5.41, 5.74) is 0.156. The SMILES string of the molecule is COc1cc(CN2CCC(N(C)c3nccc(C(F)(F)F)n3)C2)ccn1. The molecule has 1 fully saturated rings. The number of hydrogen-bond acceptors (Lipinski definition) is 6. The van der Waals surface area contributed by atoms with E-state index in [0.29, 0.717) is 5.88 Å². The number of anilines is 1. The summed E-state index contributed by atoms with van der Waals surface area (Å²) in [7, 11) is 3.31. The van der Waals surface area contributed by atoms with Crippen LogP contribution in [0.15, 0.2) is 30.6 Å². The van der Waals surface area contributed by atoms with Gasteiger partial charge in [-0.2, -0.15) is 13.2 Å². The Labute approximate surface area is 149 Å². The van der Waals surface area contributed by atoms with Crippen LogP contribution >= 0.6 is 0 Å². The van der Waals surface area contributed by atoms with Gasteiger partial charge < -0.3 is 9.64 Å². The standard InChI is InChI=1S/C17H20F3N5O/c1-24(16-22-7-4-14(23-16)17(18,19)20)13-5-8-25(11-13)10-12-3-6-21-15(9-12)26-2/h3-4,6-7,9,13H,5,8,10-11H2,1-2H3. The number of aromatic nitrogens is 3. The molecular weight excluding hydrogens is 347 g/mol. The first-order valence-electron chi connectivity index (χ1n) is 8.21. The second-order valence-electron chi connectivity index (χ2n) is 6.23. The Hall–Kier alpha value is -2.42. The third-order valence-electron chi connectivity index (χ3n) is 4.46. The average molecular weight is 367 g/mol. The van der Waals surface area contributed by atoms with Gasteiger partial charge in [-0.15, -0.1) is 0 Å². The molecule has 3 rings (SSSR count). The third-order valence-corrected chi connectivity index (χ3v) is 4.46. The van der Waals surface area contributed by atoms with Crippen LogP contribution in [0.5, 0.6) is 5.88 Å². The van der Waals surface area contributed by atoms with Gasteiger partial charge in [-0.1, -0.05) is 0 Å². The van der Waals surface area contributed by atoms with Crippen molar-refractivity contribution in [3.63, 3.8) is 0 Å². The Morgan fingerprint density at radius 1 is 1.27 bits per heavy atom. The number of halogens is 3. The molecule has 1 saturated heterocycles. The molecule has 0 aliphatic carbocycles. The fourth-order valence-corrected chi connectivity index (χ4v) is 3.03. The highest BCUT2D eigenvalue weighted by atomic mass is 19.4. The number of pyridine rings is 1. The monoisotopic (exact) mass is 367 g/mol. The van der Waals surface area contributed by atoms with Crippen LogP contribution in [-0.2, 0) is 12.7 Å². The fraction of sp³-hybridized carbons (Fsp3) is 0.471. The van der Waals surface area contributed by atoms with Crippen LogP contribution in [0, 0.1) is 0 Å². The lowest BCUT2D eigenvalue weighted by atomic mass is 10.2. The molecule has 3 heterocycles. The van der Waals surface area contributed by atoms with Crippen LogP contribution in [0.2, 0.25) is 0 Å². The van der Waals surface area contributed by atoms with Gasteiger partial charge in [0.2, 0.25) is 11.8 Å². The minimum Gasteiger partial charge on any atom is -0.481 e. The zero-order chi connectivity index (χ0) is 18.7.